The van der Waals surface area contributed by atoms with Gasteiger partial charge in [-0.3, -0.25) is 4.79 Å². The summed E-state index contributed by atoms with van der Waals surface area (Å²) in [7, 11) is 0. The highest BCUT2D eigenvalue weighted by Crippen LogP contribution is 2.15. The first-order valence-corrected chi connectivity index (χ1v) is 7.48. The molecule has 5 heteroatoms. The Morgan fingerprint density at radius 2 is 2.16 bits per heavy atom. The second-order valence-electron chi connectivity index (χ2n) is 4.88. The number of rotatable bonds is 5. The smallest absolute Gasteiger partial charge is 0.257 e. The fourth-order valence-electron chi connectivity index (χ4n) is 1.95. The lowest BCUT2D eigenvalue weighted by Gasteiger charge is -2.23. The van der Waals surface area contributed by atoms with E-state index in [0.29, 0.717) is 23.5 Å². The zero-order chi connectivity index (χ0) is 13.9. The minimum Gasteiger partial charge on any atom is -0.387 e. The molecule has 102 valence electrons. The van der Waals surface area contributed by atoms with Gasteiger partial charge in [-0.05, 0) is 30.7 Å². The number of H-pyrrole nitrogens is 1. The highest BCUT2D eigenvalue weighted by molar-refractivity contribution is 7.98. The van der Waals surface area contributed by atoms with Gasteiger partial charge in [0, 0.05) is 17.7 Å². The summed E-state index contributed by atoms with van der Waals surface area (Å²) in [6, 6.07) is 9.31. The molecule has 19 heavy (non-hydrogen) atoms. The molecule has 1 heterocycles. The van der Waals surface area contributed by atoms with Crippen molar-refractivity contribution in [2.75, 3.05) is 23.9 Å². The Balaban J connectivity index is 2.20. The number of aliphatic hydroxyl groups is 1. The summed E-state index contributed by atoms with van der Waals surface area (Å²) >= 11 is 1.59. The van der Waals surface area contributed by atoms with Crippen LogP contribution < -0.4 is 10.9 Å². The predicted octanol–water partition coefficient (Wildman–Crippen LogP) is 2.05. The predicted molar refractivity (Wildman–Crippen MR) is 82.1 cm³/mol. The molecule has 0 aliphatic heterocycles. The van der Waals surface area contributed by atoms with Crippen LogP contribution in [0.2, 0.25) is 0 Å². The highest BCUT2D eigenvalue weighted by Gasteiger charge is 2.19. The Labute approximate surface area is 116 Å². The van der Waals surface area contributed by atoms with E-state index in [0.717, 1.165) is 5.39 Å². The number of fused-ring (bicyclic) bond motifs is 1. The van der Waals surface area contributed by atoms with E-state index >= 15 is 0 Å². The molecule has 0 aliphatic carbocycles. The maximum absolute atomic E-state index is 11.9. The molecule has 0 radical (unpaired) electrons. The van der Waals surface area contributed by atoms with Gasteiger partial charge >= 0.3 is 0 Å². The highest BCUT2D eigenvalue weighted by atomic mass is 32.2. The fourth-order valence-corrected chi connectivity index (χ4v) is 2.68. The standard InChI is InChI=1S/C14H18N2O2S/c1-14(18,9-19-2)8-15-12-7-10-5-3-4-6-11(10)13(17)16-12/h3-7,18H,8-9H2,1-2H3,(H2,15,16,17). The van der Waals surface area contributed by atoms with Crippen LogP contribution >= 0.6 is 11.8 Å². The maximum Gasteiger partial charge on any atom is 0.257 e. The molecule has 0 fully saturated rings. The number of thioether (sulfide) groups is 1. The third-order valence-corrected chi connectivity index (χ3v) is 3.78. The van der Waals surface area contributed by atoms with Crippen molar-refractivity contribution in [2.45, 2.75) is 12.5 Å². The largest absolute Gasteiger partial charge is 0.387 e. The first-order chi connectivity index (χ1) is 9.02. The molecule has 0 spiro atoms. The van der Waals surface area contributed by atoms with Gasteiger partial charge in [-0.25, -0.2) is 0 Å². The van der Waals surface area contributed by atoms with Crippen molar-refractivity contribution in [3.63, 3.8) is 0 Å². The van der Waals surface area contributed by atoms with Gasteiger partial charge in [-0.15, -0.1) is 0 Å². The van der Waals surface area contributed by atoms with Crippen molar-refractivity contribution in [2.24, 2.45) is 0 Å². The molecule has 1 atom stereocenters. The van der Waals surface area contributed by atoms with Gasteiger partial charge in [0.2, 0.25) is 0 Å². The van der Waals surface area contributed by atoms with E-state index in [1.165, 1.54) is 0 Å². The molecular weight excluding hydrogens is 260 g/mol. The van der Waals surface area contributed by atoms with Crippen LogP contribution in [0.25, 0.3) is 10.8 Å². The molecule has 1 aromatic heterocycles. The van der Waals surface area contributed by atoms with Gasteiger partial charge in [0.05, 0.1) is 5.60 Å². The number of aromatic nitrogens is 1. The van der Waals surface area contributed by atoms with Gasteiger partial charge < -0.3 is 15.4 Å². The molecule has 1 unspecified atom stereocenters. The van der Waals surface area contributed by atoms with Crippen molar-refractivity contribution in [3.05, 3.63) is 40.7 Å². The van der Waals surface area contributed by atoms with Crippen LogP contribution in [-0.2, 0) is 0 Å². The third kappa shape index (κ3) is 3.52. The second kappa shape index (κ2) is 5.67. The molecule has 3 N–H and O–H groups in total. The first-order valence-electron chi connectivity index (χ1n) is 6.09. The molecule has 0 saturated heterocycles. The average Bonchev–Trinajstić information content (AvgIpc) is 2.37. The zero-order valence-electron chi connectivity index (χ0n) is 11.1. The number of nitrogens with one attached hydrogen (secondary N) is 2. The molecule has 0 saturated carbocycles. The second-order valence-corrected chi connectivity index (χ2v) is 5.75. The van der Waals surface area contributed by atoms with Crippen LogP contribution in [0, 0.1) is 0 Å². The topological polar surface area (TPSA) is 65.1 Å². The summed E-state index contributed by atoms with van der Waals surface area (Å²) in [5.41, 5.74) is -0.924. The van der Waals surface area contributed by atoms with Crippen LogP contribution in [0.4, 0.5) is 5.82 Å². The van der Waals surface area contributed by atoms with E-state index in [4.69, 9.17) is 0 Å². The maximum atomic E-state index is 11.9. The first kappa shape index (κ1) is 14.0. The summed E-state index contributed by atoms with van der Waals surface area (Å²) in [5, 5.41) is 14.7. The summed E-state index contributed by atoms with van der Waals surface area (Å²) in [6.07, 6.45) is 1.95. The number of hydrogen-bond acceptors (Lipinski definition) is 4. The summed E-state index contributed by atoms with van der Waals surface area (Å²) in [5.74, 6) is 1.27. The summed E-state index contributed by atoms with van der Waals surface area (Å²) in [6.45, 7) is 2.16. The van der Waals surface area contributed by atoms with E-state index in [1.54, 1.807) is 24.8 Å². The zero-order valence-corrected chi connectivity index (χ0v) is 11.9. The monoisotopic (exact) mass is 278 g/mol. The minimum atomic E-state index is -0.804. The van der Waals surface area contributed by atoms with Gasteiger partial charge in [-0.1, -0.05) is 18.2 Å². The Kier molecular flexibility index (Phi) is 4.17. The molecule has 2 aromatic rings. The Morgan fingerprint density at radius 3 is 2.89 bits per heavy atom. The van der Waals surface area contributed by atoms with Crippen molar-refractivity contribution < 1.29 is 5.11 Å². The van der Waals surface area contributed by atoms with E-state index in [-0.39, 0.29) is 5.56 Å². The van der Waals surface area contributed by atoms with Crippen LogP contribution in [0.1, 0.15) is 6.92 Å². The Hall–Kier alpha value is -1.46. The van der Waals surface area contributed by atoms with Crippen LogP contribution in [0.15, 0.2) is 35.1 Å². The van der Waals surface area contributed by atoms with Crippen LogP contribution in [0.5, 0.6) is 0 Å². The van der Waals surface area contributed by atoms with Gasteiger partial charge in [0.1, 0.15) is 5.82 Å². The SMILES string of the molecule is CSCC(C)(O)CNc1cc2ccccc2c(=O)[nH]1. The van der Waals surface area contributed by atoms with E-state index < -0.39 is 5.60 Å². The van der Waals surface area contributed by atoms with Crippen molar-refractivity contribution in [1.82, 2.24) is 4.98 Å². The molecule has 2 rings (SSSR count). The molecule has 0 aliphatic rings. The summed E-state index contributed by atoms with van der Waals surface area (Å²) < 4.78 is 0. The number of pyridine rings is 1. The molecule has 0 bridgehead atoms. The van der Waals surface area contributed by atoms with Gasteiger partial charge in [-0.2, -0.15) is 11.8 Å². The third-order valence-electron chi connectivity index (χ3n) is 2.87. The van der Waals surface area contributed by atoms with E-state index in [1.807, 2.05) is 30.5 Å². The van der Waals surface area contributed by atoms with Crippen molar-refractivity contribution in [3.8, 4) is 0 Å². The lowest BCUT2D eigenvalue weighted by Crippen LogP contribution is -2.36. The van der Waals surface area contributed by atoms with Crippen molar-refractivity contribution >= 4 is 28.4 Å². The Bertz CT molecular complexity index is 622. The molecule has 4 nitrogen and oxygen atoms in total. The van der Waals surface area contributed by atoms with Crippen molar-refractivity contribution in [1.29, 1.82) is 0 Å². The normalized spacial score (nSPS) is 14.3. The fraction of sp³-hybridized carbons (Fsp3) is 0.357. The van der Waals surface area contributed by atoms with Gasteiger partial charge in [0.15, 0.2) is 0 Å². The number of hydrogen-bond donors (Lipinski definition) is 3. The number of aromatic amines is 1. The summed E-state index contributed by atoms with van der Waals surface area (Å²) in [4.78, 5) is 14.7. The van der Waals surface area contributed by atoms with Crippen LogP contribution in [-0.4, -0.2) is 34.2 Å². The molecular formula is C14H18N2O2S. The lowest BCUT2D eigenvalue weighted by molar-refractivity contribution is 0.0996. The molecule has 1 aromatic carbocycles. The number of anilines is 1. The van der Waals surface area contributed by atoms with E-state index in [9.17, 15) is 9.90 Å². The van der Waals surface area contributed by atoms with E-state index in [2.05, 4.69) is 10.3 Å². The Morgan fingerprint density at radius 1 is 1.42 bits per heavy atom. The van der Waals surface area contributed by atoms with Crippen LogP contribution in [0.3, 0.4) is 0 Å². The quantitative estimate of drug-likeness (QED) is 0.783. The minimum absolute atomic E-state index is 0.120. The van der Waals surface area contributed by atoms with Gasteiger partial charge in [0.25, 0.3) is 5.56 Å². The molecule has 0 amide bonds. The lowest BCUT2D eigenvalue weighted by atomic mass is 10.1. The number of benzene rings is 1. The average molecular weight is 278 g/mol.